The number of amides is 2. The lowest BCUT2D eigenvalue weighted by Crippen LogP contribution is -2.60. The highest BCUT2D eigenvalue weighted by Gasteiger charge is 2.48. The molecule has 0 aromatic rings. The van der Waals surface area contributed by atoms with Crippen molar-refractivity contribution in [2.75, 3.05) is 19.3 Å². The van der Waals surface area contributed by atoms with Crippen LogP contribution in [0.2, 0.25) is 0 Å². The van der Waals surface area contributed by atoms with Crippen LogP contribution >= 0.6 is 11.8 Å². The van der Waals surface area contributed by atoms with Crippen LogP contribution in [0.25, 0.3) is 0 Å². The summed E-state index contributed by atoms with van der Waals surface area (Å²) in [6.45, 7) is 1.01. The number of nitrogens with zero attached hydrogens (tertiary/aromatic N) is 1. The molecule has 4 nitrogen and oxygen atoms in total. The number of hydrogen-bond acceptors (Lipinski definition) is 3. The van der Waals surface area contributed by atoms with Gasteiger partial charge in [-0.15, -0.1) is 0 Å². The fraction of sp³-hybridized carbons (Fsp3) is 0.833. The molecule has 1 N–H and O–H groups in total. The molecular weight excluding hydrogens is 236 g/mol. The molecule has 3 fully saturated rings. The second-order valence-electron chi connectivity index (χ2n) is 5.46. The number of carbonyl (C=O) groups is 2. The molecule has 1 saturated heterocycles. The van der Waals surface area contributed by atoms with Gasteiger partial charge in [0.2, 0.25) is 11.8 Å². The lowest BCUT2D eigenvalue weighted by molar-refractivity contribution is -0.144. The average Bonchev–Trinajstić information content (AvgIpc) is 3.16. The van der Waals surface area contributed by atoms with Crippen LogP contribution in [0, 0.1) is 5.92 Å². The standard InChI is InChI=1S/C12H18N2O2S/c1-17-12(4-5-12)7-14-6-9(15)13-10(11(14)16)8-2-3-8/h8,10H,2-7H2,1H3,(H,13,15). The zero-order valence-electron chi connectivity index (χ0n) is 10.1. The minimum atomic E-state index is -0.228. The molecule has 2 saturated carbocycles. The van der Waals surface area contributed by atoms with Gasteiger partial charge >= 0.3 is 0 Å². The van der Waals surface area contributed by atoms with Crippen molar-refractivity contribution in [1.82, 2.24) is 10.2 Å². The normalized spacial score (nSPS) is 31.4. The van der Waals surface area contributed by atoms with Crippen LogP contribution in [0.5, 0.6) is 0 Å². The summed E-state index contributed by atoms with van der Waals surface area (Å²) in [5.74, 6) is 0.560. The van der Waals surface area contributed by atoms with E-state index in [0.29, 0.717) is 5.92 Å². The van der Waals surface area contributed by atoms with Gasteiger partial charge in [-0.25, -0.2) is 0 Å². The zero-order chi connectivity index (χ0) is 12.0. The van der Waals surface area contributed by atoms with E-state index >= 15 is 0 Å². The van der Waals surface area contributed by atoms with Gasteiger partial charge in [-0.05, 0) is 37.9 Å². The summed E-state index contributed by atoms with van der Waals surface area (Å²) in [6, 6.07) is -0.228. The minimum Gasteiger partial charge on any atom is -0.342 e. The number of thioether (sulfide) groups is 1. The van der Waals surface area contributed by atoms with Crippen LogP contribution in [0.4, 0.5) is 0 Å². The summed E-state index contributed by atoms with van der Waals surface area (Å²) in [4.78, 5) is 25.7. The maximum atomic E-state index is 12.3. The second kappa shape index (κ2) is 3.90. The quantitative estimate of drug-likeness (QED) is 0.800. The molecular formula is C12H18N2O2S. The molecule has 17 heavy (non-hydrogen) atoms. The number of hydrogen-bond donors (Lipinski definition) is 1. The molecule has 1 unspecified atom stereocenters. The third-order valence-electron chi connectivity index (χ3n) is 4.04. The molecule has 2 amide bonds. The van der Waals surface area contributed by atoms with Crippen molar-refractivity contribution in [3.05, 3.63) is 0 Å². The summed E-state index contributed by atoms with van der Waals surface area (Å²) in [6.07, 6.45) is 6.61. The molecule has 1 aliphatic heterocycles. The summed E-state index contributed by atoms with van der Waals surface area (Å²) in [5.41, 5.74) is 0. The van der Waals surface area contributed by atoms with Crippen molar-refractivity contribution in [3.8, 4) is 0 Å². The zero-order valence-corrected chi connectivity index (χ0v) is 10.9. The Morgan fingerprint density at radius 3 is 2.65 bits per heavy atom. The first-order valence-electron chi connectivity index (χ1n) is 6.27. The van der Waals surface area contributed by atoms with Gasteiger partial charge in [-0.2, -0.15) is 11.8 Å². The number of rotatable bonds is 4. The summed E-state index contributed by atoms with van der Waals surface area (Å²) in [5, 5.41) is 2.85. The van der Waals surface area contributed by atoms with Gasteiger partial charge in [-0.1, -0.05) is 0 Å². The van der Waals surface area contributed by atoms with Gasteiger partial charge in [-0.3, -0.25) is 9.59 Å². The number of carbonyl (C=O) groups excluding carboxylic acids is 2. The summed E-state index contributed by atoms with van der Waals surface area (Å²) < 4.78 is 0.251. The summed E-state index contributed by atoms with van der Waals surface area (Å²) >= 11 is 1.83. The third kappa shape index (κ3) is 2.17. The SMILES string of the molecule is CSC1(CN2CC(=O)NC(C3CC3)C2=O)CC1. The highest BCUT2D eigenvalue weighted by molar-refractivity contribution is 8.00. The molecule has 1 atom stereocenters. The first-order valence-corrected chi connectivity index (χ1v) is 7.49. The third-order valence-corrected chi connectivity index (χ3v) is 5.45. The van der Waals surface area contributed by atoms with Crippen molar-refractivity contribution in [2.45, 2.75) is 36.5 Å². The van der Waals surface area contributed by atoms with Crippen molar-refractivity contribution in [1.29, 1.82) is 0 Å². The Hall–Kier alpha value is -0.710. The average molecular weight is 254 g/mol. The Kier molecular flexibility index (Phi) is 2.61. The van der Waals surface area contributed by atoms with Gasteiger partial charge in [0.25, 0.3) is 0 Å². The Morgan fingerprint density at radius 2 is 2.12 bits per heavy atom. The molecule has 2 aliphatic carbocycles. The van der Waals surface area contributed by atoms with E-state index in [1.54, 1.807) is 4.90 Å². The first kappa shape index (κ1) is 11.4. The smallest absolute Gasteiger partial charge is 0.245 e. The molecule has 0 bridgehead atoms. The van der Waals surface area contributed by atoms with E-state index in [0.717, 1.165) is 19.4 Å². The Bertz CT molecular complexity index is 364. The van der Waals surface area contributed by atoms with Crippen LogP contribution < -0.4 is 5.32 Å². The topological polar surface area (TPSA) is 49.4 Å². The predicted octanol–water partition coefficient (Wildman–Crippen LogP) is 0.619. The molecule has 0 radical (unpaired) electrons. The first-order chi connectivity index (χ1) is 8.13. The maximum Gasteiger partial charge on any atom is 0.245 e. The van der Waals surface area contributed by atoms with Crippen LogP contribution in [0.1, 0.15) is 25.7 Å². The van der Waals surface area contributed by atoms with Gasteiger partial charge in [0.05, 0.1) is 6.54 Å². The Morgan fingerprint density at radius 1 is 1.41 bits per heavy atom. The van der Waals surface area contributed by atoms with E-state index < -0.39 is 0 Å². The molecule has 0 aromatic carbocycles. The molecule has 0 spiro atoms. The molecule has 3 aliphatic rings. The molecule has 3 rings (SSSR count). The monoisotopic (exact) mass is 254 g/mol. The Labute approximate surface area is 105 Å². The van der Waals surface area contributed by atoms with Gasteiger partial charge in [0, 0.05) is 11.3 Å². The fourth-order valence-electron chi connectivity index (χ4n) is 2.53. The van der Waals surface area contributed by atoms with E-state index in [2.05, 4.69) is 11.6 Å². The lowest BCUT2D eigenvalue weighted by Gasteiger charge is -2.34. The van der Waals surface area contributed by atoms with Gasteiger partial charge in [0.15, 0.2) is 0 Å². The van der Waals surface area contributed by atoms with Crippen LogP contribution in [0.3, 0.4) is 0 Å². The van der Waals surface area contributed by atoms with E-state index in [1.807, 2.05) is 11.8 Å². The van der Waals surface area contributed by atoms with E-state index in [9.17, 15) is 9.59 Å². The number of piperazine rings is 1. The van der Waals surface area contributed by atoms with Crippen LogP contribution in [-0.2, 0) is 9.59 Å². The van der Waals surface area contributed by atoms with E-state index in [4.69, 9.17) is 0 Å². The summed E-state index contributed by atoms with van der Waals surface area (Å²) in [7, 11) is 0. The highest BCUT2D eigenvalue weighted by atomic mass is 32.2. The second-order valence-corrected chi connectivity index (χ2v) is 6.74. The van der Waals surface area contributed by atoms with Crippen LogP contribution in [0.15, 0.2) is 0 Å². The maximum absolute atomic E-state index is 12.3. The van der Waals surface area contributed by atoms with E-state index in [-0.39, 0.29) is 29.1 Å². The lowest BCUT2D eigenvalue weighted by atomic mass is 10.1. The minimum absolute atomic E-state index is 0.0124. The predicted molar refractivity (Wildman–Crippen MR) is 66.7 cm³/mol. The molecule has 1 heterocycles. The van der Waals surface area contributed by atoms with Crippen LogP contribution in [-0.4, -0.2) is 46.8 Å². The van der Waals surface area contributed by atoms with Crippen molar-refractivity contribution >= 4 is 23.6 Å². The molecule has 0 aromatic heterocycles. The van der Waals surface area contributed by atoms with Gasteiger partial charge < -0.3 is 10.2 Å². The van der Waals surface area contributed by atoms with Crippen molar-refractivity contribution in [3.63, 3.8) is 0 Å². The van der Waals surface area contributed by atoms with Crippen molar-refractivity contribution < 1.29 is 9.59 Å². The Balaban J connectivity index is 1.69. The number of nitrogens with one attached hydrogen (secondary N) is 1. The van der Waals surface area contributed by atoms with E-state index in [1.165, 1.54) is 12.8 Å². The van der Waals surface area contributed by atoms with Crippen molar-refractivity contribution in [2.24, 2.45) is 5.92 Å². The molecule has 94 valence electrons. The fourth-order valence-corrected chi connectivity index (χ4v) is 3.32. The molecule has 5 heteroatoms. The highest BCUT2D eigenvalue weighted by Crippen LogP contribution is 2.48. The van der Waals surface area contributed by atoms with Gasteiger partial charge in [0.1, 0.15) is 6.04 Å². The largest absolute Gasteiger partial charge is 0.342 e.